The predicted molar refractivity (Wildman–Crippen MR) is 111 cm³/mol. The van der Waals surface area contributed by atoms with E-state index >= 15 is 0 Å². The Kier molecular flexibility index (Phi) is 5.63. The molecule has 2 aromatic rings. The number of halogens is 1. The molecule has 0 saturated heterocycles. The van der Waals surface area contributed by atoms with Gasteiger partial charge in [0.15, 0.2) is 0 Å². The summed E-state index contributed by atoms with van der Waals surface area (Å²) in [6, 6.07) is 13.7. The van der Waals surface area contributed by atoms with Gasteiger partial charge in [0.25, 0.3) is 0 Å². The summed E-state index contributed by atoms with van der Waals surface area (Å²) < 4.78 is 11.4. The molecule has 0 aromatic heterocycles. The minimum Gasteiger partial charge on any atom is -0.484 e. The number of hydrogen-bond donors (Lipinski definition) is 0. The van der Waals surface area contributed by atoms with Crippen molar-refractivity contribution < 1.29 is 14.3 Å². The molecule has 0 saturated carbocycles. The lowest BCUT2D eigenvalue weighted by Gasteiger charge is -2.24. The molecule has 142 valence electrons. The maximum Gasteiger partial charge on any atom is 0.415 e. The van der Waals surface area contributed by atoms with Crippen LogP contribution in [0.4, 0.5) is 4.79 Å². The third kappa shape index (κ3) is 4.37. The van der Waals surface area contributed by atoms with Crippen LogP contribution >= 0.6 is 11.6 Å². The molecule has 1 amide bonds. The number of carbonyl (C=O) groups is 1. The van der Waals surface area contributed by atoms with Gasteiger partial charge in [-0.05, 0) is 23.8 Å². The quantitative estimate of drug-likeness (QED) is 0.530. The van der Waals surface area contributed by atoms with E-state index in [1.807, 2.05) is 36.4 Å². The van der Waals surface area contributed by atoms with Crippen LogP contribution in [0.1, 0.15) is 17.2 Å². The molecule has 1 atom stereocenters. The smallest absolute Gasteiger partial charge is 0.415 e. The molecule has 1 unspecified atom stereocenters. The fourth-order valence-electron chi connectivity index (χ4n) is 3.32. The first-order valence-corrected chi connectivity index (χ1v) is 12.8. The maximum atomic E-state index is 12.5. The van der Waals surface area contributed by atoms with E-state index in [1.54, 1.807) is 4.90 Å². The molecular weight excluding hydrogens is 378 g/mol. The average molecular weight is 402 g/mol. The van der Waals surface area contributed by atoms with Crippen LogP contribution in [-0.4, -0.2) is 25.6 Å². The first-order valence-electron chi connectivity index (χ1n) is 8.90. The van der Waals surface area contributed by atoms with Crippen molar-refractivity contribution in [3.8, 4) is 5.75 Å². The molecule has 6 heteroatoms. The molecule has 0 radical (unpaired) electrons. The highest BCUT2D eigenvalue weighted by Gasteiger charge is 2.31. The summed E-state index contributed by atoms with van der Waals surface area (Å²) in [7, 11) is -1.62. The Labute approximate surface area is 166 Å². The van der Waals surface area contributed by atoms with Gasteiger partial charge in [-0.1, -0.05) is 67.3 Å². The lowest BCUT2D eigenvalue weighted by atomic mass is 10.1. The van der Waals surface area contributed by atoms with Crippen molar-refractivity contribution in [3.63, 3.8) is 0 Å². The fourth-order valence-corrected chi connectivity index (χ4v) is 5.15. The molecule has 2 aromatic carbocycles. The van der Waals surface area contributed by atoms with Gasteiger partial charge in [0, 0.05) is 10.6 Å². The third-order valence-corrected chi connectivity index (χ3v) is 6.97. The molecule has 4 nitrogen and oxygen atoms in total. The lowest BCUT2D eigenvalue weighted by molar-refractivity contribution is 0.111. The first kappa shape index (κ1) is 19.5. The van der Waals surface area contributed by atoms with Crippen molar-refractivity contribution in [1.82, 2.24) is 4.90 Å². The summed E-state index contributed by atoms with van der Waals surface area (Å²) in [5.74, 6) is 0.823. The highest BCUT2D eigenvalue weighted by Crippen LogP contribution is 2.32. The molecule has 0 fully saturated rings. The van der Waals surface area contributed by atoms with Crippen LogP contribution in [0.15, 0.2) is 55.3 Å². The SMILES string of the molecule is C=COC(=O)N1Cc2c(cccc2[Si](C)(C)C)OC(c2ccc(Cl)cc2)C1. The zero-order chi connectivity index (χ0) is 19.6. The Morgan fingerprint density at radius 3 is 2.59 bits per heavy atom. The van der Waals surface area contributed by atoms with Crippen LogP contribution in [-0.2, 0) is 11.3 Å². The summed E-state index contributed by atoms with van der Waals surface area (Å²) >= 11 is 6.02. The standard InChI is InChI=1S/C21H24ClNO3Si/c1-5-25-21(24)23-13-17-18(7-6-8-20(17)27(2,3)4)26-19(14-23)15-9-11-16(22)12-10-15/h5-12,19H,1,13-14H2,2-4H3. The van der Waals surface area contributed by atoms with Gasteiger partial charge in [0.2, 0.25) is 0 Å². The Morgan fingerprint density at radius 2 is 1.96 bits per heavy atom. The molecule has 0 N–H and O–H groups in total. The molecule has 27 heavy (non-hydrogen) atoms. The van der Waals surface area contributed by atoms with Crippen molar-refractivity contribution >= 4 is 31.0 Å². The second kappa shape index (κ2) is 7.78. The van der Waals surface area contributed by atoms with Gasteiger partial charge in [0.1, 0.15) is 11.9 Å². The Morgan fingerprint density at radius 1 is 1.26 bits per heavy atom. The molecule has 0 spiro atoms. The number of carbonyl (C=O) groups excluding carboxylic acids is 1. The molecule has 1 heterocycles. The van der Waals surface area contributed by atoms with Crippen LogP contribution in [0, 0.1) is 0 Å². The molecule has 1 aliphatic rings. The monoisotopic (exact) mass is 401 g/mol. The maximum absolute atomic E-state index is 12.5. The summed E-state index contributed by atoms with van der Waals surface area (Å²) in [5, 5.41) is 1.95. The van der Waals surface area contributed by atoms with Crippen molar-refractivity contribution in [1.29, 1.82) is 0 Å². The van der Waals surface area contributed by atoms with E-state index in [0.717, 1.165) is 23.1 Å². The van der Waals surface area contributed by atoms with Crippen molar-refractivity contribution in [2.24, 2.45) is 0 Å². The van der Waals surface area contributed by atoms with Crippen LogP contribution < -0.4 is 9.92 Å². The van der Waals surface area contributed by atoms with E-state index in [9.17, 15) is 4.79 Å². The number of ether oxygens (including phenoxy) is 2. The van der Waals surface area contributed by atoms with E-state index in [-0.39, 0.29) is 6.10 Å². The number of benzene rings is 2. The minimum atomic E-state index is -1.62. The van der Waals surface area contributed by atoms with Crippen molar-refractivity contribution in [2.45, 2.75) is 32.3 Å². The minimum absolute atomic E-state index is 0.308. The molecular formula is C21H24ClNO3Si. The fraction of sp³-hybridized carbons (Fsp3) is 0.286. The number of hydrogen-bond acceptors (Lipinski definition) is 3. The molecule has 3 rings (SSSR count). The number of amides is 1. The zero-order valence-corrected chi connectivity index (χ0v) is 17.6. The second-order valence-electron chi connectivity index (χ2n) is 7.62. The van der Waals surface area contributed by atoms with Crippen LogP contribution in [0.2, 0.25) is 24.7 Å². The normalized spacial score (nSPS) is 16.7. The average Bonchev–Trinajstić information content (AvgIpc) is 2.81. The van der Waals surface area contributed by atoms with E-state index < -0.39 is 14.2 Å². The highest BCUT2D eigenvalue weighted by atomic mass is 35.5. The predicted octanol–water partition coefficient (Wildman–Crippen LogP) is 5.10. The van der Waals surface area contributed by atoms with E-state index in [0.29, 0.717) is 18.1 Å². The third-order valence-electron chi connectivity index (χ3n) is 4.63. The second-order valence-corrected chi connectivity index (χ2v) is 13.1. The Balaban J connectivity index is 2.06. The van der Waals surface area contributed by atoms with Gasteiger partial charge >= 0.3 is 6.09 Å². The number of fused-ring (bicyclic) bond motifs is 1. The van der Waals surface area contributed by atoms with E-state index in [1.165, 1.54) is 5.19 Å². The number of rotatable bonds is 3. The van der Waals surface area contributed by atoms with Crippen LogP contribution in [0.5, 0.6) is 5.75 Å². The molecule has 0 aliphatic carbocycles. The van der Waals surface area contributed by atoms with Gasteiger partial charge in [0.05, 0.1) is 27.4 Å². The molecule has 1 aliphatic heterocycles. The van der Waals surface area contributed by atoms with Gasteiger partial charge in [-0.15, -0.1) is 0 Å². The van der Waals surface area contributed by atoms with Gasteiger partial charge in [-0.3, -0.25) is 4.90 Å². The summed E-state index contributed by atoms with van der Waals surface area (Å²) in [6.07, 6.45) is 0.431. The first-order chi connectivity index (χ1) is 12.8. The Bertz CT molecular complexity index is 845. The highest BCUT2D eigenvalue weighted by molar-refractivity contribution is 6.89. The number of nitrogens with zero attached hydrogens (tertiary/aromatic N) is 1. The van der Waals surface area contributed by atoms with Crippen LogP contribution in [0.25, 0.3) is 0 Å². The van der Waals surface area contributed by atoms with Crippen LogP contribution in [0.3, 0.4) is 0 Å². The van der Waals surface area contributed by atoms with Gasteiger partial charge in [-0.2, -0.15) is 0 Å². The largest absolute Gasteiger partial charge is 0.484 e. The summed E-state index contributed by atoms with van der Waals surface area (Å²) in [6.45, 7) is 11.2. The van der Waals surface area contributed by atoms with Gasteiger partial charge in [-0.25, -0.2) is 4.79 Å². The van der Waals surface area contributed by atoms with E-state index in [4.69, 9.17) is 21.1 Å². The Hall–Kier alpha value is -2.24. The topological polar surface area (TPSA) is 38.8 Å². The van der Waals surface area contributed by atoms with Crippen molar-refractivity contribution in [2.75, 3.05) is 6.54 Å². The molecule has 0 bridgehead atoms. The zero-order valence-electron chi connectivity index (χ0n) is 15.9. The lowest BCUT2D eigenvalue weighted by Crippen LogP contribution is -2.42. The van der Waals surface area contributed by atoms with Gasteiger partial charge < -0.3 is 9.47 Å². The van der Waals surface area contributed by atoms with Crippen molar-refractivity contribution in [3.05, 3.63) is 71.5 Å². The van der Waals surface area contributed by atoms with E-state index in [2.05, 4.69) is 32.3 Å². The summed E-state index contributed by atoms with van der Waals surface area (Å²) in [5.41, 5.74) is 2.02. The summed E-state index contributed by atoms with van der Waals surface area (Å²) in [4.78, 5) is 14.2.